The molecule has 0 spiro atoms. The third-order valence-electron chi connectivity index (χ3n) is 2.61. The van der Waals surface area contributed by atoms with Crippen LogP contribution in [0.3, 0.4) is 0 Å². The first-order chi connectivity index (χ1) is 7.91. The van der Waals surface area contributed by atoms with Gasteiger partial charge in [0.25, 0.3) is 0 Å². The lowest BCUT2D eigenvalue weighted by molar-refractivity contribution is -0.141. The highest BCUT2D eigenvalue weighted by Crippen LogP contribution is 2.31. The SMILES string of the molecule is O=C1CC(CS)CN1c1cc(C(F)(F)F)[nH]n1. The number of hydrogen-bond acceptors (Lipinski definition) is 3. The highest BCUT2D eigenvalue weighted by atomic mass is 32.1. The lowest BCUT2D eigenvalue weighted by atomic mass is 10.1. The van der Waals surface area contributed by atoms with E-state index in [2.05, 4.69) is 17.7 Å². The average molecular weight is 265 g/mol. The Labute approximate surface area is 101 Å². The molecule has 0 radical (unpaired) electrons. The Balaban J connectivity index is 2.19. The van der Waals surface area contributed by atoms with E-state index in [1.54, 1.807) is 0 Å². The van der Waals surface area contributed by atoms with Crippen molar-refractivity contribution < 1.29 is 18.0 Å². The van der Waals surface area contributed by atoms with E-state index in [4.69, 9.17) is 0 Å². The van der Waals surface area contributed by atoms with E-state index in [1.807, 2.05) is 5.10 Å². The molecule has 1 aromatic rings. The molecule has 0 aliphatic carbocycles. The molecule has 1 fully saturated rings. The van der Waals surface area contributed by atoms with E-state index in [0.29, 0.717) is 18.7 Å². The van der Waals surface area contributed by atoms with E-state index in [0.717, 1.165) is 6.07 Å². The van der Waals surface area contributed by atoms with Gasteiger partial charge in [-0.15, -0.1) is 0 Å². The summed E-state index contributed by atoms with van der Waals surface area (Å²) in [6.07, 6.45) is -4.17. The predicted octanol–water partition coefficient (Wildman–Crippen LogP) is 1.71. The monoisotopic (exact) mass is 265 g/mol. The van der Waals surface area contributed by atoms with Crippen molar-refractivity contribution in [1.29, 1.82) is 0 Å². The van der Waals surface area contributed by atoms with Gasteiger partial charge in [-0.25, -0.2) is 0 Å². The third kappa shape index (κ3) is 2.41. The topological polar surface area (TPSA) is 49.0 Å². The van der Waals surface area contributed by atoms with E-state index in [1.165, 1.54) is 4.90 Å². The number of amides is 1. The van der Waals surface area contributed by atoms with Gasteiger partial charge in [-0.3, -0.25) is 14.8 Å². The van der Waals surface area contributed by atoms with Crippen LogP contribution in [0.15, 0.2) is 6.07 Å². The molecular weight excluding hydrogens is 255 g/mol. The fourth-order valence-electron chi connectivity index (χ4n) is 1.72. The summed E-state index contributed by atoms with van der Waals surface area (Å²) in [5.74, 6) is 0.395. The second-order valence-corrected chi connectivity index (χ2v) is 4.26. The Bertz CT molecular complexity index is 431. The van der Waals surface area contributed by atoms with Gasteiger partial charge in [-0.05, 0) is 11.7 Å². The van der Waals surface area contributed by atoms with Gasteiger partial charge < -0.3 is 0 Å². The fourth-order valence-corrected chi connectivity index (χ4v) is 1.96. The van der Waals surface area contributed by atoms with Gasteiger partial charge in [0.2, 0.25) is 5.91 Å². The van der Waals surface area contributed by atoms with E-state index < -0.39 is 11.9 Å². The number of carbonyl (C=O) groups excluding carboxylic acids is 1. The van der Waals surface area contributed by atoms with Crippen molar-refractivity contribution in [2.45, 2.75) is 12.6 Å². The van der Waals surface area contributed by atoms with Gasteiger partial charge in [0, 0.05) is 19.0 Å². The molecule has 1 aliphatic heterocycles. The van der Waals surface area contributed by atoms with Crippen LogP contribution in [0.4, 0.5) is 19.0 Å². The zero-order valence-electron chi connectivity index (χ0n) is 8.66. The second kappa shape index (κ2) is 4.25. The minimum Gasteiger partial charge on any atom is -0.295 e. The minimum absolute atomic E-state index is 0.0200. The zero-order valence-corrected chi connectivity index (χ0v) is 9.55. The molecule has 2 heterocycles. The summed E-state index contributed by atoms with van der Waals surface area (Å²) in [6.45, 7) is 0.366. The molecule has 94 valence electrons. The Hall–Kier alpha value is -1.18. The second-order valence-electron chi connectivity index (χ2n) is 3.89. The maximum atomic E-state index is 12.3. The fraction of sp³-hybridized carbons (Fsp3) is 0.556. The van der Waals surface area contributed by atoms with Gasteiger partial charge in [-0.1, -0.05) is 0 Å². The average Bonchev–Trinajstić information content (AvgIpc) is 2.82. The van der Waals surface area contributed by atoms with Gasteiger partial charge >= 0.3 is 6.18 Å². The molecule has 1 unspecified atom stereocenters. The third-order valence-corrected chi connectivity index (χ3v) is 3.13. The van der Waals surface area contributed by atoms with Gasteiger partial charge in [0.1, 0.15) is 5.69 Å². The highest BCUT2D eigenvalue weighted by Gasteiger charge is 2.36. The molecule has 0 bridgehead atoms. The summed E-state index contributed by atoms with van der Waals surface area (Å²) in [4.78, 5) is 12.8. The summed E-state index contributed by atoms with van der Waals surface area (Å²) >= 11 is 4.07. The summed E-state index contributed by atoms with van der Waals surface area (Å²) in [5.41, 5.74) is -0.949. The van der Waals surface area contributed by atoms with Crippen molar-refractivity contribution in [1.82, 2.24) is 10.2 Å². The number of nitrogens with zero attached hydrogens (tertiary/aromatic N) is 2. The standard InChI is InChI=1S/C9H10F3N3OS/c10-9(11,12)6-2-7(14-13-6)15-3-5(4-17)1-8(15)16/h2,5,17H,1,3-4H2,(H,13,14). The van der Waals surface area contributed by atoms with Crippen LogP contribution in [0.5, 0.6) is 0 Å². The molecule has 1 saturated heterocycles. The molecule has 1 amide bonds. The number of alkyl halides is 3. The summed E-state index contributed by atoms with van der Waals surface area (Å²) in [7, 11) is 0. The lowest BCUT2D eigenvalue weighted by Gasteiger charge is -2.12. The van der Waals surface area contributed by atoms with Crippen LogP contribution in [0.25, 0.3) is 0 Å². The van der Waals surface area contributed by atoms with Gasteiger partial charge in [0.05, 0.1) is 0 Å². The van der Waals surface area contributed by atoms with E-state index >= 15 is 0 Å². The van der Waals surface area contributed by atoms with Crippen molar-refractivity contribution in [3.8, 4) is 0 Å². The molecular formula is C9H10F3N3OS. The maximum absolute atomic E-state index is 12.3. The number of halogens is 3. The number of H-pyrrole nitrogens is 1. The predicted molar refractivity (Wildman–Crippen MR) is 57.9 cm³/mol. The molecule has 2 rings (SSSR count). The largest absolute Gasteiger partial charge is 0.432 e. The Morgan fingerprint density at radius 3 is 2.76 bits per heavy atom. The van der Waals surface area contributed by atoms with Crippen LogP contribution >= 0.6 is 12.6 Å². The van der Waals surface area contributed by atoms with Gasteiger partial charge in [0.15, 0.2) is 5.82 Å². The van der Waals surface area contributed by atoms with Crippen LogP contribution in [-0.4, -0.2) is 28.4 Å². The highest BCUT2D eigenvalue weighted by molar-refractivity contribution is 7.80. The summed E-state index contributed by atoms with van der Waals surface area (Å²) < 4.78 is 37.0. The van der Waals surface area contributed by atoms with Crippen LogP contribution in [0.2, 0.25) is 0 Å². The summed E-state index contributed by atoms with van der Waals surface area (Å²) in [5, 5.41) is 5.41. The maximum Gasteiger partial charge on any atom is 0.432 e. The van der Waals surface area contributed by atoms with Crippen molar-refractivity contribution in [3.63, 3.8) is 0 Å². The van der Waals surface area contributed by atoms with Crippen molar-refractivity contribution in [3.05, 3.63) is 11.8 Å². The zero-order chi connectivity index (χ0) is 12.6. The number of aromatic amines is 1. The smallest absolute Gasteiger partial charge is 0.295 e. The number of rotatable bonds is 2. The normalized spacial score (nSPS) is 21.3. The number of anilines is 1. The van der Waals surface area contributed by atoms with Crippen molar-refractivity contribution in [2.75, 3.05) is 17.2 Å². The molecule has 8 heteroatoms. The molecule has 1 aromatic heterocycles. The van der Waals surface area contributed by atoms with Crippen LogP contribution < -0.4 is 4.90 Å². The number of nitrogens with one attached hydrogen (secondary N) is 1. The van der Waals surface area contributed by atoms with Crippen molar-refractivity contribution in [2.24, 2.45) is 5.92 Å². The molecule has 0 aromatic carbocycles. The van der Waals surface area contributed by atoms with Crippen LogP contribution in [0, 0.1) is 5.92 Å². The summed E-state index contributed by atoms with van der Waals surface area (Å²) in [6, 6.07) is 0.846. The number of carbonyl (C=O) groups is 1. The van der Waals surface area contributed by atoms with Gasteiger partial charge in [-0.2, -0.15) is 30.9 Å². The molecule has 4 nitrogen and oxygen atoms in total. The first-order valence-corrected chi connectivity index (χ1v) is 5.59. The van der Waals surface area contributed by atoms with E-state index in [-0.39, 0.29) is 17.6 Å². The van der Waals surface area contributed by atoms with Crippen molar-refractivity contribution >= 4 is 24.4 Å². The first-order valence-electron chi connectivity index (χ1n) is 4.95. The number of hydrogen-bond donors (Lipinski definition) is 2. The van der Waals surface area contributed by atoms with E-state index in [9.17, 15) is 18.0 Å². The Kier molecular flexibility index (Phi) is 3.07. The number of aromatic nitrogens is 2. The lowest BCUT2D eigenvalue weighted by Crippen LogP contribution is -2.25. The number of thiol groups is 1. The molecule has 0 saturated carbocycles. The molecule has 1 aliphatic rings. The Morgan fingerprint density at radius 2 is 2.29 bits per heavy atom. The molecule has 1 N–H and O–H groups in total. The molecule has 1 atom stereocenters. The minimum atomic E-state index is -4.48. The quantitative estimate of drug-likeness (QED) is 0.800. The Morgan fingerprint density at radius 1 is 1.59 bits per heavy atom. The first kappa shape index (κ1) is 12.3. The van der Waals surface area contributed by atoms with Crippen LogP contribution in [-0.2, 0) is 11.0 Å². The molecule has 17 heavy (non-hydrogen) atoms. The van der Waals surface area contributed by atoms with Crippen LogP contribution in [0.1, 0.15) is 12.1 Å².